The summed E-state index contributed by atoms with van der Waals surface area (Å²) in [4.78, 5) is 11.7. The number of aromatic hydroxyl groups is 1. The molecule has 1 aliphatic carbocycles. The topological polar surface area (TPSA) is 46.5 Å². The van der Waals surface area contributed by atoms with E-state index in [4.69, 9.17) is 4.74 Å². The van der Waals surface area contributed by atoms with Gasteiger partial charge in [0.1, 0.15) is 5.75 Å². The summed E-state index contributed by atoms with van der Waals surface area (Å²) in [5.41, 5.74) is 3.39. The third kappa shape index (κ3) is 2.22. The first-order valence-electron chi connectivity index (χ1n) is 6.46. The van der Waals surface area contributed by atoms with E-state index in [1.54, 1.807) is 6.07 Å². The molecule has 0 amide bonds. The Kier molecular flexibility index (Phi) is 3.60. The lowest BCUT2D eigenvalue weighted by Gasteiger charge is -2.26. The maximum Gasteiger partial charge on any atom is 0.309 e. The average Bonchev–Trinajstić information content (AvgIpc) is 2.36. The third-order valence-electron chi connectivity index (χ3n) is 3.76. The van der Waals surface area contributed by atoms with E-state index in [9.17, 15) is 9.90 Å². The minimum Gasteiger partial charge on any atom is -0.508 e. The molecule has 98 valence electrons. The molecule has 1 aliphatic rings. The largest absolute Gasteiger partial charge is 0.508 e. The molecule has 1 atom stereocenters. The number of esters is 1. The Morgan fingerprint density at radius 2 is 2.17 bits per heavy atom. The minimum absolute atomic E-state index is 0.0678. The summed E-state index contributed by atoms with van der Waals surface area (Å²) in [5.74, 6) is 0.395. The van der Waals surface area contributed by atoms with Gasteiger partial charge in [-0.05, 0) is 47.9 Å². The van der Waals surface area contributed by atoms with Crippen LogP contribution in [0, 0.1) is 5.92 Å². The van der Waals surface area contributed by atoms with E-state index in [1.807, 2.05) is 6.07 Å². The van der Waals surface area contributed by atoms with Crippen molar-refractivity contribution >= 4 is 5.97 Å². The number of carbonyl (C=O) groups is 1. The maximum atomic E-state index is 11.7. The fourth-order valence-corrected chi connectivity index (χ4v) is 2.86. The number of phenolic OH excluding ortho intramolecular Hbond substituents is 1. The van der Waals surface area contributed by atoms with Crippen LogP contribution in [0.25, 0.3) is 0 Å². The highest BCUT2D eigenvalue weighted by atomic mass is 16.5. The van der Waals surface area contributed by atoms with Crippen molar-refractivity contribution in [2.75, 3.05) is 7.11 Å². The number of rotatable bonds is 2. The normalized spacial score (nSPS) is 18.6. The van der Waals surface area contributed by atoms with Gasteiger partial charge in [-0.1, -0.05) is 19.9 Å². The fraction of sp³-hybridized carbons (Fsp3) is 0.533. The first-order valence-corrected chi connectivity index (χ1v) is 6.46. The van der Waals surface area contributed by atoms with E-state index in [0.717, 1.165) is 24.0 Å². The van der Waals surface area contributed by atoms with E-state index in [-0.39, 0.29) is 17.8 Å². The Hall–Kier alpha value is -1.51. The number of phenols is 1. The molecule has 1 aromatic rings. The van der Waals surface area contributed by atoms with Crippen molar-refractivity contribution in [3.63, 3.8) is 0 Å². The summed E-state index contributed by atoms with van der Waals surface area (Å²) < 4.78 is 4.83. The second-order valence-electron chi connectivity index (χ2n) is 5.25. The second kappa shape index (κ2) is 5.01. The molecule has 0 radical (unpaired) electrons. The van der Waals surface area contributed by atoms with Gasteiger partial charge in [0.05, 0.1) is 13.0 Å². The van der Waals surface area contributed by atoms with Crippen LogP contribution < -0.4 is 0 Å². The average molecular weight is 248 g/mol. The van der Waals surface area contributed by atoms with E-state index in [0.29, 0.717) is 12.2 Å². The first-order chi connectivity index (χ1) is 8.54. The maximum absolute atomic E-state index is 11.7. The van der Waals surface area contributed by atoms with Crippen LogP contribution in [-0.4, -0.2) is 18.2 Å². The van der Waals surface area contributed by atoms with Crippen molar-refractivity contribution in [2.24, 2.45) is 5.92 Å². The Morgan fingerprint density at radius 3 is 2.78 bits per heavy atom. The molecule has 0 saturated carbocycles. The van der Waals surface area contributed by atoms with Gasteiger partial charge in [-0.3, -0.25) is 4.79 Å². The summed E-state index contributed by atoms with van der Waals surface area (Å²) >= 11 is 0. The van der Waals surface area contributed by atoms with E-state index < -0.39 is 0 Å². The van der Waals surface area contributed by atoms with Crippen LogP contribution in [0.3, 0.4) is 0 Å². The molecular formula is C15H20O3. The number of benzene rings is 1. The highest BCUT2D eigenvalue weighted by Crippen LogP contribution is 2.37. The van der Waals surface area contributed by atoms with Crippen LogP contribution in [0.1, 0.15) is 42.9 Å². The molecule has 0 aliphatic heterocycles. The fourth-order valence-electron chi connectivity index (χ4n) is 2.86. The van der Waals surface area contributed by atoms with Crippen molar-refractivity contribution in [3.05, 3.63) is 28.8 Å². The van der Waals surface area contributed by atoms with E-state index in [2.05, 4.69) is 13.8 Å². The van der Waals surface area contributed by atoms with Gasteiger partial charge in [0.15, 0.2) is 0 Å². The summed E-state index contributed by atoms with van der Waals surface area (Å²) in [6, 6.07) is 3.75. The van der Waals surface area contributed by atoms with Crippen LogP contribution in [-0.2, 0) is 22.4 Å². The molecule has 0 aromatic heterocycles. The van der Waals surface area contributed by atoms with Crippen LogP contribution in [0.5, 0.6) is 5.75 Å². The molecule has 0 heterocycles. The predicted molar refractivity (Wildman–Crippen MR) is 69.7 cm³/mol. The lowest BCUT2D eigenvalue weighted by atomic mass is 9.79. The number of fused-ring (bicyclic) bond motifs is 1. The van der Waals surface area contributed by atoms with Gasteiger partial charge in [-0.25, -0.2) is 0 Å². The van der Waals surface area contributed by atoms with Crippen molar-refractivity contribution in [3.8, 4) is 5.75 Å². The Labute approximate surface area is 108 Å². The van der Waals surface area contributed by atoms with Gasteiger partial charge in [0.25, 0.3) is 0 Å². The third-order valence-corrected chi connectivity index (χ3v) is 3.76. The number of ether oxygens (including phenoxy) is 1. The number of methoxy groups -OCH3 is 1. The van der Waals surface area contributed by atoms with Crippen molar-refractivity contribution < 1.29 is 14.6 Å². The highest BCUT2D eigenvalue weighted by Gasteiger charge is 2.28. The number of aryl methyl sites for hydroxylation is 1. The molecule has 3 nitrogen and oxygen atoms in total. The first kappa shape index (κ1) is 12.9. The van der Waals surface area contributed by atoms with Crippen LogP contribution in [0.15, 0.2) is 12.1 Å². The van der Waals surface area contributed by atoms with Gasteiger partial charge in [-0.2, -0.15) is 0 Å². The minimum atomic E-state index is -0.140. The quantitative estimate of drug-likeness (QED) is 0.819. The molecule has 2 rings (SSSR count). The van der Waals surface area contributed by atoms with E-state index >= 15 is 0 Å². The van der Waals surface area contributed by atoms with Gasteiger partial charge in [0, 0.05) is 0 Å². The lowest BCUT2D eigenvalue weighted by Crippen LogP contribution is -2.24. The molecule has 0 spiro atoms. The van der Waals surface area contributed by atoms with Gasteiger partial charge >= 0.3 is 5.97 Å². The zero-order chi connectivity index (χ0) is 13.3. The number of hydrogen-bond donors (Lipinski definition) is 1. The number of carbonyl (C=O) groups excluding carboxylic acids is 1. The standard InChI is InChI=1S/C15H20O3/c1-9(2)14-12-8-11(15(17)18-3)5-4-10(12)6-7-13(14)16/h6-7,9,11,16H,4-5,8H2,1-3H3. The summed E-state index contributed by atoms with van der Waals surface area (Å²) in [5, 5.41) is 10.0. The zero-order valence-corrected chi connectivity index (χ0v) is 11.2. The molecule has 1 unspecified atom stereocenters. The van der Waals surface area contributed by atoms with Crippen LogP contribution >= 0.6 is 0 Å². The Balaban J connectivity index is 2.40. The molecule has 0 saturated heterocycles. The molecular weight excluding hydrogens is 228 g/mol. The highest BCUT2D eigenvalue weighted by molar-refractivity contribution is 5.73. The second-order valence-corrected chi connectivity index (χ2v) is 5.25. The zero-order valence-electron chi connectivity index (χ0n) is 11.2. The summed E-state index contributed by atoms with van der Waals surface area (Å²) in [7, 11) is 1.43. The smallest absolute Gasteiger partial charge is 0.309 e. The monoisotopic (exact) mass is 248 g/mol. The Bertz CT molecular complexity index is 463. The summed E-state index contributed by atoms with van der Waals surface area (Å²) in [6.07, 6.45) is 2.40. The molecule has 1 aromatic carbocycles. The van der Waals surface area contributed by atoms with E-state index in [1.165, 1.54) is 12.7 Å². The molecule has 3 heteroatoms. The van der Waals surface area contributed by atoms with Crippen LogP contribution in [0.4, 0.5) is 0 Å². The predicted octanol–water partition coefficient (Wildman–Crippen LogP) is 2.79. The molecule has 0 fully saturated rings. The SMILES string of the molecule is COC(=O)C1CCc2ccc(O)c(C(C)C)c2C1. The summed E-state index contributed by atoms with van der Waals surface area (Å²) in [6.45, 7) is 4.13. The molecule has 0 bridgehead atoms. The van der Waals surface area contributed by atoms with Gasteiger partial charge in [-0.15, -0.1) is 0 Å². The van der Waals surface area contributed by atoms with Crippen LogP contribution in [0.2, 0.25) is 0 Å². The molecule has 18 heavy (non-hydrogen) atoms. The van der Waals surface area contributed by atoms with Gasteiger partial charge in [0.2, 0.25) is 0 Å². The van der Waals surface area contributed by atoms with Crippen molar-refractivity contribution in [1.29, 1.82) is 0 Å². The van der Waals surface area contributed by atoms with Gasteiger partial charge < -0.3 is 9.84 Å². The number of hydrogen-bond acceptors (Lipinski definition) is 3. The molecule has 1 N–H and O–H groups in total. The van der Waals surface area contributed by atoms with Crippen molar-refractivity contribution in [1.82, 2.24) is 0 Å². The Morgan fingerprint density at radius 1 is 1.44 bits per heavy atom. The lowest BCUT2D eigenvalue weighted by molar-refractivity contribution is -0.145. The van der Waals surface area contributed by atoms with Crippen molar-refractivity contribution in [2.45, 2.75) is 39.0 Å².